The molecule has 6 nitrogen and oxygen atoms in total. The Labute approximate surface area is 168 Å². The van der Waals surface area contributed by atoms with Crippen LogP contribution in [0.25, 0.3) is 11.7 Å². The van der Waals surface area contributed by atoms with E-state index in [-0.39, 0.29) is 28.0 Å². The minimum atomic E-state index is -0.594. The average molecular weight is 413 g/mol. The van der Waals surface area contributed by atoms with Gasteiger partial charge in [-0.3, -0.25) is 18.9 Å². The predicted octanol–water partition coefficient (Wildman–Crippen LogP) is 3.46. The molecule has 0 spiro atoms. The molecule has 28 heavy (non-hydrogen) atoms. The Morgan fingerprint density at radius 2 is 1.93 bits per heavy atom. The van der Waals surface area contributed by atoms with E-state index in [1.54, 1.807) is 37.5 Å². The minimum absolute atomic E-state index is 0.0286. The first-order chi connectivity index (χ1) is 13.5. The Hall–Kier alpha value is -3.04. The summed E-state index contributed by atoms with van der Waals surface area (Å²) in [6.07, 6.45) is 2.94. The van der Waals surface area contributed by atoms with Crippen LogP contribution in [-0.4, -0.2) is 31.6 Å². The Kier molecular flexibility index (Phi) is 4.70. The standard InChI is InChI=1S/C19H12FN3O3S2/c1-22-18(25)14(28-19(22)27)10-11-16(26-13-7-3-2-6-12(13)20)21-15-8-4-5-9-23(15)17(11)24/h2-10H,1H3/b14-10-. The number of likely N-dealkylation sites (N-methyl/N-ethyl adjacent to an activating group) is 1. The zero-order valence-electron chi connectivity index (χ0n) is 14.5. The number of pyridine rings is 1. The second-order valence-corrected chi connectivity index (χ2v) is 7.51. The molecule has 3 aromatic rings. The number of carbonyl (C=O) groups excluding carboxylic acids is 1. The predicted molar refractivity (Wildman–Crippen MR) is 109 cm³/mol. The molecule has 4 rings (SSSR count). The number of carbonyl (C=O) groups is 1. The lowest BCUT2D eigenvalue weighted by molar-refractivity contribution is -0.121. The number of rotatable bonds is 3. The summed E-state index contributed by atoms with van der Waals surface area (Å²) >= 11 is 6.20. The van der Waals surface area contributed by atoms with Gasteiger partial charge in [0.05, 0.1) is 4.91 Å². The van der Waals surface area contributed by atoms with Gasteiger partial charge in [0.25, 0.3) is 11.5 Å². The third kappa shape index (κ3) is 3.19. The molecule has 0 atom stereocenters. The maximum Gasteiger partial charge on any atom is 0.269 e. The molecule has 2 aromatic heterocycles. The van der Waals surface area contributed by atoms with Crippen molar-refractivity contribution in [2.24, 2.45) is 0 Å². The number of benzene rings is 1. The Morgan fingerprint density at radius 3 is 2.64 bits per heavy atom. The fourth-order valence-corrected chi connectivity index (χ4v) is 3.75. The number of aromatic nitrogens is 2. The third-order valence-corrected chi connectivity index (χ3v) is 5.52. The molecule has 0 bridgehead atoms. The molecule has 1 aliphatic rings. The molecule has 0 unspecified atom stereocenters. The lowest BCUT2D eigenvalue weighted by Crippen LogP contribution is -2.23. The molecule has 140 valence electrons. The van der Waals surface area contributed by atoms with Gasteiger partial charge in [-0.1, -0.05) is 42.2 Å². The van der Waals surface area contributed by atoms with E-state index in [0.29, 0.717) is 9.97 Å². The number of fused-ring (bicyclic) bond motifs is 1. The summed E-state index contributed by atoms with van der Waals surface area (Å²) in [6.45, 7) is 0. The van der Waals surface area contributed by atoms with Gasteiger partial charge in [0.1, 0.15) is 15.5 Å². The van der Waals surface area contributed by atoms with Crippen molar-refractivity contribution in [2.45, 2.75) is 0 Å². The fourth-order valence-electron chi connectivity index (χ4n) is 2.59. The zero-order valence-corrected chi connectivity index (χ0v) is 16.1. The van der Waals surface area contributed by atoms with E-state index in [1.165, 1.54) is 33.6 Å². The van der Waals surface area contributed by atoms with Gasteiger partial charge in [0, 0.05) is 13.2 Å². The third-order valence-electron chi connectivity index (χ3n) is 4.04. The van der Waals surface area contributed by atoms with Crippen molar-refractivity contribution >= 4 is 45.9 Å². The SMILES string of the molecule is CN1C(=O)/C(=C/c2c(Oc3ccccc3F)nc3ccccn3c2=O)SC1=S. The van der Waals surface area contributed by atoms with Crippen LogP contribution in [0.4, 0.5) is 4.39 Å². The van der Waals surface area contributed by atoms with Gasteiger partial charge in [-0.2, -0.15) is 4.98 Å². The number of halogens is 1. The molecule has 1 fully saturated rings. The van der Waals surface area contributed by atoms with Crippen molar-refractivity contribution in [3.05, 3.63) is 75.3 Å². The number of thioether (sulfide) groups is 1. The fraction of sp³-hybridized carbons (Fsp3) is 0.0526. The van der Waals surface area contributed by atoms with E-state index in [2.05, 4.69) is 4.98 Å². The van der Waals surface area contributed by atoms with Crippen LogP contribution in [0.5, 0.6) is 11.6 Å². The van der Waals surface area contributed by atoms with Crippen LogP contribution in [0, 0.1) is 5.82 Å². The highest BCUT2D eigenvalue weighted by Gasteiger charge is 2.30. The number of hydrogen-bond acceptors (Lipinski definition) is 6. The molecule has 1 saturated heterocycles. The molecule has 1 aromatic carbocycles. The van der Waals surface area contributed by atoms with E-state index >= 15 is 0 Å². The Bertz CT molecular complexity index is 1220. The molecular weight excluding hydrogens is 401 g/mol. The molecule has 1 aliphatic heterocycles. The van der Waals surface area contributed by atoms with Crippen LogP contribution in [-0.2, 0) is 4.79 Å². The largest absolute Gasteiger partial charge is 0.435 e. The van der Waals surface area contributed by atoms with Crippen molar-refractivity contribution < 1.29 is 13.9 Å². The topological polar surface area (TPSA) is 63.9 Å². The molecule has 9 heteroatoms. The number of para-hydroxylation sites is 1. The van der Waals surface area contributed by atoms with Crippen molar-refractivity contribution in [1.82, 2.24) is 14.3 Å². The van der Waals surface area contributed by atoms with Crippen LogP contribution in [0.15, 0.2) is 58.4 Å². The van der Waals surface area contributed by atoms with E-state index in [4.69, 9.17) is 17.0 Å². The first-order valence-electron chi connectivity index (χ1n) is 8.11. The maximum atomic E-state index is 14.1. The average Bonchev–Trinajstić information content (AvgIpc) is 2.93. The normalized spacial score (nSPS) is 15.6. The summed E-state index contributed by atoms with van der Waals surface area (Å²) in [4.78, 5) is 31.3. The van der Waals surface area contributed by atoms with E-state index in [0.717, 1.165) is 11.8 Å². The molecule has 0 N–H and O–H groups in total. The Balaban J connectivity index is 1.92. The summed E-state index contributed by atoms with van der Waals surface area (Å²) in [5.41, 5.74) is -0.0850. The summed E-state index contributed by atoms with van der Waals surface area (Å²) in [7, 11) is 1.56. The van der Waals surface area contributed by atoms with Crippen LogP contribution >= 0.6 is 24.0 Å². The van der Waals surface area contributed by atoms with Crippen molar-refractivity contribution in [3.63, 3.8) is 0 Å². The van der Waals surface area contributed by atoms with Crippen molar-refractivity contribution in [2.75, 3.05) is 7.05 Å². The summed E-state index contributed by atoms with van der Waals surface area (Å²) < 4.78 is 21.4. The second kappa shape index (κ2) is 7.17. The quantitative estimate of drug-likeness (QED) is 0.484. The maximum absolute atomic E-state index is 14.1. The summed E-state index contributed by atoms with van der Waals surface area (Å²) in [6, 6.07) is 10.8. The number of amides is 1. The highest BCUT2D eigenvalue weighted by molar-refractivity contribution is 8.26. The van der Waals surface area contributed by atoms with E-state index in [1.807, 2.05) is 0 Å². The molecule has 0 saturated carbocycles. The van der Waals surface area contributed by atoms with Gasteiger partial charge < -0.3 is 4.74 Å². The van der Waals surface area contributed by atoms with Crippen LogP contribution in [0.2, 0.25) is 0 Å². The highest BCUT2D eigenvalue weighted by Crippen LogP contribution is 2.33. The highest BCUT2D eigenvalue weighted by atomic mass is 32.2. The molecule has 3 heterocycles. The lowest BCUT2D eigenvalue weighted by atomic mass is 10.2. The smallest absolute Gasteiger partial charge is 0.269 e. The van der Waals surface area contributed by atoms with Gasteiger partial charge in [0.15, 0.2) is 11.6 Å². The minimum Gasteiger partial charge on any atom is -0.435 e. The molecule has 0 radical (unpaired) electrons. The number of hydrogen-bond donors (Lipinski definition) is 0. The van der Waals surface area contributed by atoms with Crippen molar-refractivity contribution in [1.29, 1.82) is 0 Å². The summed E-state index contributed by atoms with van der Waals surface area (Å²) in [5, 5.41) is 0. The van der Waals surface area contributed by atoms with Crippen LogP contribution in [0.3, 0.4) is 0 Å². The van der Waals surface area contributed by atoms with E-state index in [9.17, 15) is 14.0 Å². The van der Waals surface area contributed by atoms with Gasteiger partial charge >= 0.3 is 0 Å². The van der Waals surface area contributed by atoms with Crippen molar-refractivity contribution in [3.8, 4) is 11.6 Å². The monoisotopic (exact) mass is 413 g/mol. The number of thiocarbonyl (C=S) groups is 1. The summed E-state index contributed by atoms with van der Waals surface area (Å²) in [5.74, 6) is -1.09. The molecule has 0 aliphatic carbocycles. The number of nitrogens with zero attached hydrogens (tertiary/aromatic N) is 3. The molecular formula is C19H12FN3O3S2. The zero-order chi connectivity index (χ0) is 19.8. The van der Waals surface area contributed by atoms with Crippen LogP contribution < -0.4 is 10.3 Å². The van der Waals surface area contributed by atoms with Gasteiger partial charge in [-0.15, -0.1) is 0 Å². The van der Waals surface area contributed by atoms with E-state index < -0.39 is 11.4 Å². The lowest BCUT2D eigenvalue weighted by Gasteiger charge is -2.10. The number of ether oxygens (including phenoxy) is 1. The van der Waals surface area contributed by atoms with Gasteiger partial charge in [0.2, 0.25) is 5.88 Å². The van der Waals surface area contributed by atoms with Gasteiger partial charge in [-0.25, -0.2) is 4.39 Å². The Morgan fingerprint density at radius 1 is 1.18 bits per heavy atom. The first kappa shape index (κ1) is 18.3. The van der Waals surface area contributed by atoms with Crippen LogP contribution in [0.1, 0.15) is 5.56 Å². The van der Waals surface area contributed by atoms with Gasteiger partial charge in [-0.05, 0) is 30.3 Å². The second-order valence-electron chi connectivity index (χ2n) is 5.84. The first-order valence-corrected chi connectivity index (χ1v) is 9.33. The molecule has 1 amide bonds.